The molecular formula is C24H22F3N7O. The predicted octanol–water partition coefficient (Wildman–Crippen LogP) is 4.40. The Kier molecular flexibility index (Phi) is 5.79. The SMILES string of the molecule is Cc1cc([C@H]2CN(c3nc(-c4ccc(C(F)(F)F)nc4)c4nc(C)c(C)nc4n3)CCO2)ccn1. The number of fused-ring (bicyclic) bond motifs is 1. The fraction of sp³-hybridized carbons (Fsp3) is 0.333. The van der Waals surface area contributed by atoms with Crippen LogP contribution in [-0.2, 0) is 10.9 Å². The molecule has 5 heterocycles. The minimum atomic E-state index is -4.53. The van der Waals surface area contributed by atoms with Gasteiger partial charge in [0.25, 0.3) is 0 Å². The van der Waals surface area contributed by atoms with Gasteiger partial charge in [0.15, 0.2) is 5.65 Å². The molecule has 1 saturated heterocycles. The number of aryl methyl sites for hydroxylation is 3. The molecule has 0 aliphatic carbocycles. The normalized spacial score (nSPS) is 16.6. The maximum absolute atomic E-state index is 13.0. The summed E-state index contributed by atoms with van der Waals surface area (Å²) in [5.41, 5.74) is 3.89. The van der Waals surface area contributed by atoms with Gasteiger partial charge in [-0.15, -0.1) is 0 Å². The van der Waals surface area contributed by atoms with Crippen LogP contribution in [0.25, 0.3) is 22.4 Å². The first-order chi connectivity index (χ1) is 16.7. The smallest absolute Gasteiger partial charge is 0.370 e. The number of alkyl halides is 3. The molecule has 35 heavy (non-hydrogen) atoms. The molecule has 0 aromatic carbocycles. The van der Waals surface area contributed by atoms with Crippen LogP contribution in [0.3, 0.4) is 0 Å². The van der Waals surface area contributed by atoms with E-state index in [0.29, 0.717) is 59.5 Å². The van der Waals surface area contributed by atoms with E-state index in [1.54, 1.807) is 6.20 Å². The molecule has 1 aliphatic rings. The molecule has 4 aromatic rings. The largest absolute Gasteiger partial charge is 0.433 e. The second-order valence-corrected chi connectivity index (χ2v) is 8.40. The van der Waals surface area contributed by atoms with Gasteiger partial charge in [0.1, 0.15) is 23.0 Å². The lowest BCUT2D eigenvalue weighted by atomic mass is 10.1. The van der Waals surface area contributed by atoms with Gasteiger partial charge in [-0.2, -0.15) is 18.2 Å². The standard InChI is InChI=1S/C24H22F3N7O/c1-13-10-16(6-7-28-13)18-12-34(8-9-35-18)23-32-20(17-4-5-19(29-11-17)24(25,26)27)21-22(33-23)31-15(3)14(2)30-21/h4-7,10-11,18H,8-9,12H2,1-3H3/t18-/m1/s1. The first-order valence-electron chi connectivity index (χ1n) is 11.0. The van der Waals surface area contributed by atoms with Gasteiger partial charge in [0, 0.05) is 30.2 Å². The van der Waals surface area contributed by atoms with E-state index in [-0.39, 0.29) is 6.10 Å². The average molecular weight is 481 g/mol. The van der Waals surface area contributed by atoms with E-state index in [1.165, 1.54) is 6.07 Å². The van der Waals surface area contributed by atoms with Crippen molar-refractivity contribution in [1.82, 2.24) is 29.9 Å². The number of hydrogen-bond acceptors (Lipinski definition) is 8. The number of anilines is 1. The number of hydrogen-bond donors (Lipinski definition) is 0. The molecule has 5 rings (SSSR count). The van der Waals surface area contributed by atoms with Crippen LogP contribution in [0.1, 0.15) is 34.4 Å². The summed E-state index contributed by atoms with van der Waals surface area (Å²) in [5, 5.41) is 0. The molecule has 0 spiro atoms. The quantitative estimate of drug-likeness (QED) is 0.425. The maximum Gasteiger partial charge on any atom is 0.433 e. The summed E-state index contributed by atoms with van der Waals surface area (Å²) in [6.07, 6.45) is -1.82. The number of aromatic nitrogens is 6. The van der Waals surface area contributed by atoms with Crippen molar-refractivity contribution < 1.29 is 17.9 Å². The number of rotatable bonds is 3. The summed E-state index contributed by atoms with van der Waals surface area (Å²) in [4.78, 5) is 28.4. The van der Waals surface area contributed by atoms with Crippen molar-refractivity contribution in [2.24, 2.45) is 0 Å². The van der Waals surface area contributed by atoms with Gasteiger partial charge >= 0.3 is 6.18 Å². The fourth-order valence-corrected chi connectivity index (χ4v) is 3.95. The molecule has 0 radical (unpaired) electrons. The van der Waals surface area contributed by atoms with Crippen LogP contribution in [0.4, 0.5) is 19.1 Å². The zero-order valence-corrected chi connectivity index (χ0v) is 19.3. The molecule has 180 valence electrons. The third kappa shape index (κ3) is 4.63. The van der Waals surface area contributed by atoms with Crippen molar-refractivity contribution in [1.29, 1.82) is 0 Å². The Morgan fingerprint density at radius 2 is 1.77 bits per heavy atom. The van der Waals surface area contributed by atoms with E-state index in [9.17, 15) is 13.2 Å². The zero-order valence-electron chi connectivity index (χ0n) is 19.3. The van der Waals surface area contributed by atoms with Crippen molar-refractivity contribution in [2.45, 2.75) is 33.1 Å². The van der Waals surface area contributed by atoms with Gasteiger partial charge in [0.2, 0.25) is 5.95 Å². The Hall–Kier alpha value is -3.73. The van der Waals surface area contributed by atoms with E-state index >= 15 is 0 Å². The Bertz CT molecular complexity index is 1390. The molecule has 1 aliphatic heterocycles. The van der Waals surface area contributed by atoms with Crippen LogP contribution >= 0.6 is 0 Å². The Balaban J connectivity index is 1.58. The molecule has 1 fully saturated rings. The van der Waals surface area contributed by atoms with Gasteiger partial charge in [-0.05, 0) is 50.6 Å². The third-order valence-corrected chi connectivity index (χ3v) is 5.90. The Morgan fingerprint density at radius 3 is 2.49 bits per heavy atom. The van der Waals surface area contributed by atoms with Crippen molar-refractivity contribution >= 4 is 17.1 Å². The van der Waals surface area contributed by atoms with E-state index in [1.807, 2.05) is 37.8 Å². The van der Waals surface area contributed by atoms with Gasteiger partial charge in [-0.3, -0.25) is 9.97 Å². The average Bonchev–Trinajstić information content (AvgIpc) is 2.84. The molecule has 1 atom stereocenters. The van der Waals surface area contributed by atoms with Gasteiger partial charge in [-0.25, -0.2) is 15.0 Å². The predicted molar refractivity (Wildman–Crippen MR) is 123 cm³/mol. The first-order valence-corrected chi connectivity index (χ1v) is 11.0. The van der Waals surface area contributed by atoms with Gasteiger partial charge in [0.05, 0.1) is 24.5 Å². The highest BCUT2D eigenvalue weighted by molar-refractivity contribution is 5.87. The topological polar surface area (TPSA) is 89.8 Å². The summed E-state index contributed by atoms with van der Waals surface area (Å²) in [7, 11) is 0. The fourth-order valence-electron chi connectivity index (χ4n) is 3.95. The summed E-state index contributed by atoms with van der Waals surface area (Å²) in [6.45, 7) is 7.08. The number of pyridine rings is 2. The van der Waals surface area contributed by atoms with E-state index in [0.717, 1.165) is 23.5 Å². The van der Waals surface area contributed by atoms with Crippen molar-refractivity contribution in [3.05, 3.63) is 65.0 Å². The minimum absolute atomic E-state index is 0.202. The summed E-state index contributed by atoms with van der Waals surface area (Å²) in [6, 6.07) is 6.18. The number of ether oxygens (including phenoxy) is 1. The molecule has 0 bridgehead atoms. The highest BCUT2D eigenvalue weighted by Gasteiger charge is 2.32. The molecule has 0 unspecified atom stereocenters. The van der Waals surface area contributed by atoms with Crippen molar-refractivity contribution in [3.63, 3.8) is 0 Å². The van der Waals surface area contributed by atoms with Gasteiger partial charge in [-0.1, -0.05) is 0 Å². The molecule has 0 saturated carbocycles. The Morgan fingerprint density at radius 1 is 0.971 bits per heavy atom. The van der Waals surface area contributed by atoms with Gasteiger partial charge < -0.3 is 9.64 Å². The summed E-state index contributed by atoms with van der Waals surface area (Å²) < 4.78 is 45.1. The van der Waals surface area contributed by atoms with E-state index in [4.69, 9.17) is 9.72 Å². The third-order valence-electron chi connectivity index (χ3n) is 5.90. The lowest BCUT2D eigenvalue weighted by Gasteiger charge is -2.33. The lowest BCUT2D eigenvalue weighted by Crippen LogP contribution is -2.39. The van der Waals surface area contributed by atoms with Crippen molar-refractivity contribution in [3.8, 4) is 11.3 Å². The van der Waals surface area contributed by atoms with Crippen LogP contribution in [0, 0.1) is 20.8 Å². The number of nitrogens with zero attached hydrogens (tertiary/aromatic N) is 7. The van der Waals surface area contributed by atoms with Crippen LogP contribution < -0.4 is 4.90 Å². The van der Waals surface area contributed by atoms with Crippen LogP contribution in [0.2, 0.25) is 0 Å². The minimum Gasteiger partial charge on any atom is -0.370 e. The van der Waals surface area contributed by atoms with E-state index < -0.39 is 11.9 Å². The number of morpholine rings is 1. The van der Waals surface area contributed by atoms with Crippen molar-refractivity contribution in [2.75, 3.05) is 24.6 Å². The van der Waals surface area contributed by atoms with Crippen LogP contribution in [0.5, 0.6) is 0 Å². The molecular weight excluding hydrogens is 459 g/mol. The van der Waals surface area contributed by atoms with Crippen LogP contribution in [0.15, 0.2) is 36.7 Å². The summed E-state index contributed by atoms with van der Waals surface area (Å²) >= 11 is 0. The lowest BCUT2D eigenvalue weighted by molar-refractivity contribution is -0.141. The molecule has 8 nitrogen and oxygen atoms in total. The maximum atomic E-state index is 13.0. The second kappa shape index (κ2) is 8.81. The second-order valence-electron chi connectivity index (χ2n) is 8.40. The molecule has 0 amide bonds. The highest BCUT2D eigenvalue weighted by atomic mass is 19.4. The molecule has 0 N–H and O–H groups in total. The number of halogens is 3. The molecule has 11 heteroatoms. The zero-order chi connectivity index (χ0) is 24.7. The molecule has 4 aromatic heterocycles. The Labute approximate surface area is 199 Å². The monoisotopic (exact) mass is 481 g/mol. The van der Waals surface area contributed by atoms with Crippen LogP contribution in [-0.4, -0.2) is 49.6 Å². The van der Waals surface area contributed by atoms with E-state index in [2.05, 4.69) is 24.9 Å². The first kappa shape index (κ1) is 23.0. The summed E-state index contributed by atoms with van der Waals surface area (Å²) in [5.74, 6) is 0.407. The highest BCUT2D eigenvalue weighted by Crippen LogP contribution is 2.32.